The van der Waals surface area contributed by atoms with Crippen LogP contribution in [0.4, 0.5) is 4.79 Å². The molecule has 0 aliphatic heterocycles. The van der Waals surface area contributed by atoms with Crippen LogP contribution in [0.25, 0.3) is 11.0 Å². The minimum atomic E-state index is -1.14. The van der Waals surface area contributed by atoms with Crippen LogP contribution in [0.1, 0.15) is 5.56 Å². The van der Waals surface area contributed by atoms with Gasteiger partial charge in [-0.25, -0.2) is 14.3 Å². The van der Waals surface area contributed by atoms with Gasteiger partial charge in [0.05, 0.1) is 5.56 Å². The molecule has 0 bridgehead atoms. The number of hydrogen-bond donors (Lipinski definition) is 1. The number of carbonyl (C=O) groups is 1. The summed E-state index contributed by atoms with van der Waals surface area (Å²) in [5.74, 6) is 0. The summed E-state index contributed by atoms with van der Waals surface area (Å²) >= 11 is 0. The van der Waals surface area contributed by atoms with Crippen LogP contribution >= 0.6 is 0 Å². The first kappa shape index (κ1) is 8.26. The molecule has 0 saturated heterocycles. The summed E-state index contributed by atoms with van der Waals surface area (Å²) in [6.07, 6.45) is 1.61. The zero-order chi connectivity index (χ0) is 10.1. The highest BCUT2D eigenvalue weighted by Gasteiger charge is 2.12. The number of rotatable bonds is 0. The van der Waals surface area contributed by atoms with Crippen molar-refractivity contribution in [3.63, 3.8) is 0 Å². The molecule has 2 aromatic rings. The van der Waals surface area contributed by atoms with Crippen molar-refractivity contribution in [2.75, 3.05) is 0 Å². The van der Waals surface area contributed by atoms with Crippen molar-refractivity contribution in [2.45, 2.75) is 0 Å². The first-order valence-electron chi connectivity index (χ1n) is 3.83. The van der Waals surface area contributed by atoms with Crippen molar-refractivity contribution in [3.8, 4) is 6.07 Å². The van der Waals surface area contributed by atoms with Crippen LogP contribution in [0.2, 0.25) is 0 Å². The van der Waals surface area contributed by atoms with Crippen LogP contribution in [0, 0.1) is 11.3 Å². The van der Waals surface area contributed by atoms with Gasteiger partial charge < -0.3 is 5.11 Å². The Hall–Kier alpha value is -2.35. The van der Waals surface area contributed by atoms with Gasteiger partial charge in [0.2, 0.25) is 0 Å². The molecule has 0 atom stereocenters. The number of hydrogen-bond acceptors (Lipinski definition) is 3. The fourth-order valence-electron chi connectivity index (χ4n) is 1.29. The second kappa shape index (κ2) is 2.85. The van der Waals surface area contributed by atoms with E-state index in [0.29, 0.717) is 10.9 Å². The van der Waals surface area contributed by atoms with Crippen molar-refractivity contribution in [3.05, 3.63) is 30.1 Å². The Labute approximate surface area is 78.8 Å². The van der Waals surface area contributed by atoms with E-state index in [4.69, 9.17) is 10.4 Å². The average molecular weight is 187 g/mol. The molecule has 0 saturated carbocycles. The first-order valence-corrected chi connectivity index (χ1v) is 3.83. The molecule has 1 N–H and O–H groups in total. The Morgan fingerprint density at radius 1 is 1.64 bits per heavy atom. The highest BCUT2D eigenvalue weighted by Crippen LogP contribution is 2.17. The molecule has 0 aliphatic carbocycles. The largest absolute Gasteiger partial charge is 0.464 e. The van der Waals surface area contributed by atoms with Gasteiger partial charge in [-0.3, -0.25) is 0 Å². The maximum Gasteiger partial charge on any atom is 0.417 e. The van der Waals surface area contributed by atoms with E-state index in [1.54, 1.807) is 12.1 Å². The molecule has 0 spiro atoms. The number of carboxylic acid groups (broad SMARTS) is 1. The SMILES string of the molecule is N#Cc1cn(C(=O)O)c2ncccc12. The van der Waals surface area contributed by atoms with E-state index >= 15 is 0 Å². The number of fused-ring (bicyclic) bond motifs is 1. The van der Waals surface area contributed by atoms with Crippen LogP contribution in [0.15, 0.2) is 24.5 Å². The van der Waals surface area contributed by atoms with Crippen LogP contribution in [0.3, 0.4) is 0 Å². The first-order chi connectivity index (χ1) is 6.74. The number of nitriles is 1. The molecule has 14 heavy (non-hydrogen) atoms. The molecule has 2 aromatic heterocycles. The van der Waals surface area contributed by atoms with Crippen molar-refractivity contribution < 1.29 is 9.90 Å². The Morgan fingerprint density at radius 2 is 2.43 bits per heavy atom. The van der Waals surface area contributed by atoms with Gasteiger partial charge in [-0.2, -0.15) is 5.26 Å². The molecule has 0 aromatic carbocycles. The smallest absolute Gasteiger partial charge is 0.417 e. The molecule has 2 heterocycles. The maximum absolute atomic E-state index is 10.8. The minimum absolute atomic E-state index is 0.288. The molecule has 5 nitrogen and oxygen atoms in total. The average Bonchev–Trinajstić information content (AvgIpc) is 2.56. The Morgan fingerprint density at radius 3 is 3.07 bits per heavy atom. The third-order valence-electron chi connectivity index (χ3n) is 1.89. The van der Waals surface area contributed by atoms with Crippen LogP contribution in [-0.2, 0) is 0 Å². The summed E-state index contributed by atoms with van der Waals surface area (Å²) < 4.78 is 0.938. The lowest BCUT2D eigenvalue weighted by Gasteiger charge is -1.94. The molecule has 2 rings (SSSR count). The maximum atomic E-state index is 10.8. The zero-order valence-corrected chi connectivity index (χ0v) is 7.01. The second-order valence-electron chi connectivity index (χ2n) is 2.68. The van der Waals surface area contributed by atoms with Crippen LogP contribution < -0.4 is 0 Å². The molecule has 0 unspecified atom stereocenters. The molecular weight excluding hydrogens is 182 g/mol. The van der Waals surface area contributed by atoms with E-state index in [-0.39, 0.29) is 5.65 Å². The van der Waals surface area contributed by atoms with Gasteiger partial charge >= 0.3 is 6.09 Å². The van der Waals surface area contributed by atoms with Gasteiger partial charge in [-0.15, -0.1) is 0 Å². The molecular formula is C9H5N3O2. The lowest BCUT2D eigenvalue weighted by Crippen LogP contribution is -2.06. The predicted octanol–water partition coefficient (Wildman–Crippen LogP) is 1.43. The zero-order valence-electron chi connectivity index (χ0n) is 7.01. The molecule has 0 fully saturated rings. The van der Waals surface area contributed by atoms with Crippen LogP contribution in [0.5, 0.6) is 0 Å². The van der Waals surface area contributed by atoms with Gasteiger partial charge in [-0.1, -0.05) is 0 Å². The fourth-order valence-corrected chi connectivity index (χ4v) is 1.29. The molecule has 5 heteroatoms. The lowest BCUT2D eigenvalue weighted by molar-refractivity contribution is 0.197. The van der Waals surface area contributed by atoms with Gasteiger partial charge in [0.15, 0.2) is 5.65 Å². The van der Waals surface area contributed by atoms with Gasteiger partial charge in [0, 0.05) is 17.8 Å². The van der Waals surface area contributed by atoms with E-state index < -0.39 is 6.09 Å². The minimum Gasteiger partial charge on any atom is -0.464 e. The topological polar surface area (TPSA) is 78.9 Å². The van der Waals surface area contributed by atoms with E-state index in [0.717, 1.165) is 4.57 Å². The second-order valence-corrected chi connectivity index (χ2v) is 2.68. The molecule has 0 aliphatic rings. The van der Waals surface area contributed by atoms with Gasteiger partial charge in [0.1, 0.15) is 6.07 Å². The summed E-state index contributed by atoms with van der Waals surface area (Å²) in [6.45, 7) is 0. The van der Waals surface area contributed by atoms with E-state index in [1.165, 1.54) is 12.4 Å². The van der Waals surface area contributed by atoms with Crippen molar-refractivity contribution >= 4 is 17.1 Å². The fraction of sp³-hybridized carbons (Fsp3) is 0. The standard InChI is InChI=1S/C9H5N3O2/c10-4-6-5-12(9(13)14)8-7(6)2-1-3-11-8/h1-3,5H,(H,13,14). The normalized spacial score (nSPS) is 9.93. The summed E-state index contributed by atoms with van der Waals surface area (Å²) in [5, 5.41) is 18.1. The van der Waals surface area contributed by atoms with Gasteiger partial charge in [0.25, 0.3) is 0 Å². The number of nitrogens with zero attached hydrogens (tertiary/aromatic N) is 3. The highest BCUT2D eigenvalue weighted by molar-refractivity contribution is 5.90. The molecule has 68 valence electrons. The summed E-state index contributed by atoms with van der Waals surface area (Å²) in [6, 6.07) is 5.25. The Bertz CT molecular complexity index is 551. The van der Waals surface area contributed by atoms with E-state index in [2.05, 4.69) is 4.98 Å². The van der Waals surface area contributed by atoms with Crippen molar-refractivity contribution in [2.24, 2.45) is 0 Å². The predicted molar refractivity (Wildman–Crippen MR) is 47.9 cm³/mol. The van der Waals surface area contributed by atoms with Crippen molar-refractivity contribution in [1.29, 1.82) is 5.26 Å². The van der Waals surface area contributed by atoms with E-state index in [1.807, 2.05) is 6.07 Å². The lowest BCUT2D eigenvalue weighted by atomic mass is 10.2. The van der Waals surface area contributed by atoms with Crippen LogP contribution in [-0.4, -0.2) is 20.8 Å². The van der Waals surface area contributed by atoms with Gasteiger partial charge in [-0.05, 0) is 12.1 Å². The third-order valence-corrected chi connectivity index (χ3v) is 1.89. The molecule has 0 radical (unpaired) electrons. The quantitative estimate of drug-likeness (QED) is 0.676. The Kier molecular flexibility index (Phi) is 1.68. The Balaban J connectivity index is 2.88. The molecule has 0 amide bonds. The van der Waals surface area contributed by atoms with E-state index in [9.17, 15) is 4.79 Å². The third kappa shape index (κ3) is 1.02. The summed E-state index contributed by atoms with van der Waals surface area (Å²) in [7, 11) is 0. The summed E-state index contributed by atoms with van der Waals surface area (Å²) in [5.41, 5.74) is 0.604. The summed E-state index contributed by atoms with van der Waals surface area (Å²) in [4.78, 5) is 14.7. The number of pyridine rings is 1. The van der Waals surface area contributed by atoms with Crippen molar-refractivity contribution in [1.82, 2.24) is 9.55 Å². The highest BCUT2D eigenvalue weighted by atomic mass is 16.4. The number of aromatic nitrogens is 2. The monoisotopic (exact) mass is 187 g/mol.